The summed E-state index contributed by atoms with van der Waals surface area (Å²) in [5.41, 5.74) is 5.86. The summed E-state index contributed by atoms with van der Waals surface area (Å²) < 4.78 is 26.8. The van der Waals surface area contributed by atoms with E-state index in [4.69, 9.17) is 0 Å². The number of pyridine rings is 1. The summed E-state index contributed by atoms with van der Waals surface area (Å²) in [6.45, 7) is 5.59. The van der Waals surface area contributed by atoms with Gasteiger partial charge < -0.3 is 4.98 Å². The van der Waals surface area contributed by atoms with Crippen LogP contribution in [0.4, 0.5) is 5.69 Å². The number of sulfonamides is 1. The number of anilines is 1. The SMILES string of the molecule is CCCS(=O)(=O)Nc1cccc(-c2cc3cc(CC(=O)c4n[nH]c(C)c4C)cnc3[nH]2)c1. The number of hydrogen-bond donors (Lipinski definition) is 3. The molecule has 0 aliphatic heterocycles. The summed E-state index contributed by atoms with van der Waals surface area (Å²) >= 11 is 0. The Labute approximate surface area is 186 Å². The molecular formula is C23H25N5O3S. The van der Waals surface area contributed by atoms with Crippen LogP contribution in [0.25, 0.3) is 22.3 Å². The molecule has 0 spiro atoms. The number of benzene rings is 1. The second-order valence-corrected chi connectivity index (χ2v) is 9.73. The number of H-pyrrole nitrogens is 2. The second-order valence-electron chi connectivity index (χ2n) is 7.89. The Morgan fingerprint density at radius 1 is 1.16 bits per heavy atom. The molecule has 1 aromatic carbocycles. The maximum absolute atomic E-state index is 12.6. The quantitative estimate of drug-likeness (QED) is 0.348. The van der Waals surface area contributed by atoms with Crippen molar-refractivity contribution < 1.29 is 13.2 Å². The van der Waals surface area contributed by atoms with E-state index in [1.165, 1.54) is 0 Å². The number of carbonyl (C=O) groups excluding carboxylic acids is 1. The van der Waals surface area contributed by atoms with E-state index in [0.717, 1.165) is 33.5 Å². The zero-order valence-corrected chi connectivity index (χ0v) is 19.0. The van der Waals surface area contributed by atoms with Crippen LogP contribution in [0.2, 0.25) is 0 Å². The van der Waals surface area contributed by atoms with Gasteiger partial charge in [-0.25, -0.2) is 13.4 Å². The van der Waals surface area contributed by atoms with Crippen molar-refractivity contribution >= 4 is 32.5 Å². The predicted molar refractivity (Wildman–Crippen MR) is 125 cm³/mol. The molecule has 0 aliphatic carbocycles. The van der Waals surface area contributed by atoms with Crippen molar-refractivity contribution in [1.82, 2.24) is 20.2 Å². The molecule has 0 saturated heterocycles. The molecule has 3 aromatic heterocycles. The van der Waals surface area contributed by atoms with Gasteiger partial charge in [-0.15, -0.1) is 0 Å². The van der Waals surface area contributed by atoms with E-state index < -0.39 is 10.0 Å². The minimum atomic E-state index is -3.36. The van der Waals surface area contributed by atoms with Gasteiger partial charge in [-0.1, -0.05) is 19.1 Å². The van der Waals surface area contributed by atoms with Crippen LogP contribution in [0.1, 0.15) is 40.7 Å². The highest BCUT2D eigenvalue weighted by Gasteiger charge is 2.16. The standard InChI is InChI=1S/C23H25N5O3S/c1-4-8-32(30,31)28-19-7-5-6-17(11-19)20-12-18-9-16(13-24-23(18)25-20)10-21(29)22-14(2)15(3)26-27-22/h5-7,9,11-13,28H,4,8,10H2,1-3H3,(H,24,25)(H,26,27). The van der Waals surface area contributed by atoms with E-state index in [2.05, 4.69) is 24.9 Å². The first-order valence-electron chi connectivity index (χ1n) is 10.4. The number of aromatic nitrogens is 4. The number of aryl methyl sites for hydroxylation is 1. The summed E-state index contributed by atoms with van der Waals surface area (Å²) in [6.07, 6.45) is 2.45. The molecule has 9 heteroatoms. The first-order valence-corrected chi connectivity index (χ1v) is 12.0. The Morgan fingerprint density at radius 2 is 1.97 bits per heavy atom. The lowest BCUT2D eigenvalue weighted by atomic mass is 10.0. The van der Waals surface area contributed by atoms with Crippen LogP contribution in [0.3, 0.4) is 0 Å². The minimum absolute atomic E-state index is 0.0594. The van der Waals surface area contributed by atoms with Crippen molar-refractivity contribution in [2.75, 3.05) is 10.5 Å². The highest BCUT2D eigenvalue weighted by molar-refractivity contribution is 7.92. The van der Waals surface area contributed by atoms with Crippen LogP contribution in [0.15, 0.2) is 42.6 Å². The van der Waals surface area contributed by atoms with Crippen LogP contribution in [0.5, 0.6) is 0 Å². The highest BCUT2D eigenvalue weighted by atomic mass is 32.2. The number of carbonyl (C=O) groups is 1. The number of aromatic amines is 2. The van der Waals surface area contributed by atoms with Gasteiger partial charge in [0.1, 0.15) is 11.3 Å². The van der Waals surface area contributed by atoms with Crippen LogP contribution >= 0.6 is 0 Å². The van der Waals surface area contributed by atoms with Crippen LogP contribution in [-0.4, -0.2) is 40.1 Å². The average Bonchev–Trinajstić information content (AvgIpc) is 3.31. The summed E-state index contributed by atoms with van der Waals surface area (Å²) in [6, 6.07) is 11.1. The topological polar surface area (TPSA) is 121 Å². The Morgan fingerprint density at radius 3 is 2.69 bits per heavy atom. The largest absolute Gasteiger partial charge is 0.339 e. The van der Waals surface area contributed by atoms with Crippen LogP contribution < -0.4 is 4.72 Å². The summed E-state index contributed by atoms with van der Waals surface area (Å²) in [5.74, 6) is 0.0164. The lowest BCUT2D eigenvalue weighted by Gasteiger charge is -2.08. The van der Waals surface area contributed by atoms with Gasteiger partial charge in [-0.2, -0.15) is 5.10 Å². The van der Waals surface area contributed by atoms with Gasteiger partial charge >= 0.3 is 0 Å². The number of ketones is 1. The smallest absolute Gasteiger partial charge is 0.232 e. The maximum atomic E-state index is 12.6. The van der Waals surface area contributed by atoms with Crippen molar-refractivity contribution in [3.63, 3.8) is 0 Å². The lowest BCUT2D eigenvalue weighted by Crippen LogP contribution is -2.15. The maximum Gasteiger partial charge on any atom is 0.232 e. The Bertz CT molecular complexity index is 1400. The molecule has 4 aromatic rings. The fourth-order valence-electron chi connectivity index (χ4n) is 3.59. The normalized spacial score (nSPS) is 11.7. The molecule has 3 N–H and O–H groups in total. The number of nitrogens with zero attached hydrogens (tertiary/aromatic N) is 2. The lowest BCUT2D eigenvalue weighted by molar-refractivity contribution is 0.0987. The minimum Gasteiger partial charge on any atom is -0.339 e. The molecule has 0 amide bonds. The third-order valence-corrected chi connectivity index (χ3v) is 6.82. The van der Waals surface area contributed by atoms with Crippen molar-refractivity contribution in [1.29, 1.82) is 0 Å². The molecule has 0 radical (unpaired) electrons. The zero-order chi connectivity index (χ0) is 22.9. The Balaban J connectivity index is 1.58. The van der Waals surface area contributed by atoms with Crippen LogP contribution in [0, 0.1) is 13.8 Å². The molecule has 0 saturated carbocycles. The average molecular weight is 452 g/mol. The molecule has 0 unspecified atom stereocenters. The third-order valence-electron chi connectivity index (χ3n) is 5.33. The van der Waals surface area contributed by atoms with Gasteiger partial charge in [0.25, 0.3) is 0 Å². The zero-order valence-electron chi connectivity index (χ0n) is 18.2. The Kier molecular flexibility index (Phi) is 5.84. The molecule has 8 nitrogen and oxygen atoms in total. The molecule has 166 valence electrons. The Hall–Kier alpha value is -3.46. The van der Waals surface area contributed by atoms with Gasteiger partial charge in [-0.3, -0.25) is 14.6 Å². The van der Waals surface area contributed by atoms with Gasteiger partial charge in [0.2, 0.25) is 10.0 Å². The predicted octanol–water partition coefficient (Wildman–Crippen LogP) is 4.15. The monoisotopic (exact) mass is 451 g/mol. The van der Waals surface area contributed by atoms with E-state index in [0.29, 0.717) is 23.4 Å². The van der Waals surface area contributed by atoms with Crippen molar-refractivity contribution in [3.8, 4) is 11.3 Å². The van der Waals surface area contributed by atoms with Crippen molar-refractivity contribution in [2.45, 2.75) is 33.6 Å². The molecule has 0 bridgehead atoms. The van der Waals surface area contributed by atoms with Gasteiger partial charge in [0.15, 0.2) is 5.78 Å². The summed E-state index contributed by atoms with van der Waals surface area (Å²) in [5, 5.41) is 7.83. The summed E-state index contributed by atoms with van der Waals surface area (Å²) in [4.78, 5) is 20.4. The first-order chi connectivity index (χ1) is 15.3. The molecule has 4 rings (SSSR count). The molecule has 32 heavy (non-hydrogen) atoms. The van der Waals surface area contributed by atoms with E-state index in [-0.39, 0.29) is 18.0 Å². The van der Waals surface area contributed by atoms with E-state index in [9.17, 15) is 13.2 Å². The number of rotatable bonds is 8. The fourth-order valence-corrected chi connectivity index (χ4v) is 4.71. The molecule has 0 fully saturated rings. The van der Waals surface area contributed by atoms with E-state index in [1.54, 1.807) is 24.4 Å². The molecule has 3 heterocycles. The fraction of sp³-hybridized carbons (Fsp3) is 0.261. The highest BCUT2D eigenvalue weighted by Crippen LogP contribution is 2.26. The van der Waals surface area contributed by atoms with E-state index in [1.807, 2.05) is 39.0 Å². The van der Waals surface area contributed by atoms with Crippen molar-refractivity contribution in [3.05, 3.63) is 65.1 Å². The number of nitrogens with one attached hydrogen (secondary N) is 3. The van der Waals surface area contributed by atoms with Crippen molar-refractivity contribution in [2.24, 2.45) is 0 Å². The van der Waals surface area contributed by atoms with Crippen LogP contribution in [-0.2, 0) is 16.4 Å². The third kappa shape index (κ3) is 4.57. The number of hydrogen-bond acceptors (Lipinski definition) is 5. The van der Waals surface area contributed by atoms with Gasteiger partial charge in [0, 0.05) is 46.2 Å². The van der Waals surface area contributed by atoms with Gasteiger partial charge in [0.05, 0.1) is 5.75 Å². The number of fused-ring (bicyclic) bond motifs is 1. The first kappa shape index (κ1) is 21.8. The van der Waals surface area contributed by atoms with E-state index >= 15 is 0 Å². The molecule has 0 aliphatic rings. The summed E-state index contributed by atoms with van der Waals surface area (Å²) in [7, 11) is -3.36. The number of Topliss-reactive ketones (excluding diaryl/α,β-unsaturated/α-hetero) is 1. The van der Waals surface area contributed by atoms with Gasteiger partial charge in [-0.05, 0) is 50.1 Å². The molecule has 0 atom stereocenters. The molecular weight excluding hydrogens is 426 g/mol. The second kappa shape index (κ2) is 8.58.